The van der Waals surface area contributed by atoms with Crippen LogP contribution in [0.4, 0.5) is 5.69 Å². The van der Waals surface area contributed by atoms with E-state index in [4.69, 9.17) is 20.5 Å². The van der Waals surface area contributed by atoms with Gasteiger partial charge in [0, 0.05) is 6.07 Å². The number of nitriles is 1. The largest absolute Gasteiger partial charge is 0.497 e. The molecule has 0 saturated carbocycles. The normalized spacial score (nSPS) is 9.95. The second-order valence-electron chi connectivity index (χ2n) is 4.09. The molecule has 0 aliphatic heterocycles. The maximum atomic E-state index is 11.7. The Kier molecular flexibility index (Phi) is 4.09. The summed E-state index contributed by atoms with van der Waals surface area (Å²) in [6.07, 6.45) is 1.46. The number of hydrogen-bond donors (Lipinski definition) is 1. The number of rotatable bonds is 4. The van der Waals surface area contributed by atoms with Crippen LogP contribution in [-0.2, 0) is 4.74 Å². The summed E-state index contributed by atoms with van der Waals surface area (Å²) < 4.78 is 11.4. The van der Waals surface area contributed by atoms with Gasteiger partial charge in [-0.25, -0.2) is 9.48 Å². The molecule has 1 aromatic heterocycles. The Bertz CT molecular complexity index is 715. The highest BCUT2D eigenvalue weighted by Crippen LogP contribution is 2.22. The molecule has 7 nitrogen and oxygen atoms in total. The molecule has 7 heteroatoms. The summed E-state index contributed by atoms with van der Waals surface area (Å²) in [6.45, 7) is 1.93. The molecule has 0 aliphatic carbocycles. The molecule has 0 radical (unpaired) electrons. The van der Waals surface area contributed by atoms with Crippen LogP contribution in [0.5, 0.6) is 5.75 Å². The molecule has 0 amide bonds. The molecule has 2 aromatic rings. The van der Waals surface area contributed by atoms with Gasteiger partial charge in [-0.1, -0.05) is 0 Å². The molecule has 21 heavy (non-hydrogen) atoms. The van der Waals surface area contributed by atoms with E-state index in [1.165, 1.54) is 18.0 Å². The van der Waals surface area contributed by atoms with Crippen molar-refractivity contribution in [2.75, 3.05) is 19.5 Å². The van der Waals surface area contributed by atoms with E-state index in [-0.39, 0.29) is 18.0 Å². The van der Waals surface area contributed by atoms with Gasteiger partial charge in [0.15, 0.2) is 5.69 Å². The zero-order chi connectivity index (χ0) is 15.4. The second-order valence-corrected chi connectivity index (χ2v) is 4.09. The van der Waals surface area contributed by atoms with Crippen LogP contribution in [0.3, 0.4) is 0 Å². The van der Waals surface area contributed by atoms with Gasteiger partial charge in [-0.2, -0.15) is 10.4 Å². The minimum absolute atomic E-state index is 0.0172. The Balaban J connectivity index is 2.50. The van der Waals surface area contributed by atoms with Crippen molar-refractivity contribution >= 4 is 11.7 Å². The summed E-state index contributed by atoms with van der Waals surface area (Å²) in [5.74, 6) is -0.0362. The molecule has 2 N–H and O–H groups in total. The maximum Gasteiger partial charge on any atom is 0.361 e. The van der Waals surface area contributed by atoms with Crippen molar-refractivity contribution in [3.05, 3.63) is 35.7 Å². The number of nitrogens with two attached hydrogens (primary N) is 1. The minimum atomic E-state index is -0.602. The lowest BCUT2D eigenvalue weighted by molar-refractivity contribution is 0.0520. The quantitative estimate of drug-likeness (QED) is 0.854. The highest BCUT2D eigenvalue weighted by molar-refractivity contribution is 5.92. The zero-order valence-electron chi connectivity index (χ0n) is 11.7. The van der Waals surface area contributed by atoms with Gasteiger partial charge >= 0.3 is 5.97 Å². The molecule has 0 aliphatic rings. The van der Waals surface area contributed by atoms with Gasteiger partial charge in [-0.3, -0.25) is 0 Å². The van der Waals surface area contributed by atoms with E-state index in [2.05, 4.69) is 11.2 Å². The van der Waals surface area contributed by atoms with E-state index in [1.807, 2.05) is 0 Å². The number of benzene rings is 1. The predicted molar refractivity (Wildman–Crippen MR) is 75.2 cm³/mol. The number of aromatic nitrogens is 2. The van der Waals surface area contributed by atoms with Crippen molar-refractivity contribution in [2.45, 2.75) is 6.92 Å². The summed E-state index contributed by atoms with van der Waals surface area (Å²) >= 11 is 0. The maximum absolute atomic E-state index is 11.7. The van der Waals surface area contributed by atoms with E-state index in [0.717, 1.165) is 0 Å². The first-order chi connectivity index (χ1) is 10.1. The Morgan fingerprint density at radius 2 is 2.29 bits per heavy atom. The van der Waals surface area contributed by atoms with Gasteiger partial charge in [0.2, 0.25) is 0 Å². The molecule has 2 rings (SSSR count). The first-order valence-corrected chi connectivity index (χ1v) is 6.21. The molecular formula is C14H14N4O3. The highest BCUT2D eigenvalue weighted by atomic mass is 16.5. The lowest BCUT2D eigenvalue weighted by Crippen LogP contribution is -2.08. The molecule has 0 fully saturated rings. The van der Waals surface area contributed by atoms with Crippen molar-refractivity contribution in [3.8, 4) is 17.5 Å². The molecule has 108 valence electrons. The lowest BCUT2D eigenvalue weighted by Gasteiger charge is -2.06. The summed E-state index contributed by atoms with van der Waals surface area (Å²) in [5.41, 5.74) is 6.83. The highest BCUT2D eigenvalue weighted by Gasteiger charge is 2.18. The minimum Gasteiger partial charge on any atom is -0.497 e. The molecular weight excluding hydrogens is 272 g/mol. The van der Waals surface area contributed by atoms with E-state index in [9.17, 15) is 4.79 Å². The number of hydrogen-bond acceptors (Lipinski definition) is 6. The summed E-state index contributed by atoms with van der Waals surface area (Å²) in [7, 11) is 1.52. The SMILES string of the molecule is CCOC(=O)c1nn(-c2cc(OC)ccc2C#N)cc1N. The van der Waals surface area contributed by atoms with E-state index < -0.39 is 5.97 Å². The van der Waals surface area contributed by atoms with Gasteiger partial charge in [-0.15, -0.1) is 0 Å². The van der Waals surface area contributed by atoms with Gasteiger partial charge in [0.1, 0.15) is 11.8 Å². The van der Waals surface area contributed by atoms with Crippen LogP contribution in [0, 0.1) is 11.3 Å². The van der Waals surface area contributed by atoms with Crippen LogP contribution in [0.2, 0.25) is 0 Å². The van der Waals surface area contributed by atoms with E-state index in [0.29, 0.717) is 17.0 Å². The van der Waals surface area contributed by atoms with E-state index >= 15 is 0 Å². The van der Waals surface area contributed by atoms with Crippen LogP contribution in [0.15, 0.2) is 24.4 Å². The fourth-order valence-corrected chi connectivity index (χ4v) is 1.79. The van der Waals surface area contributed by atoms with Gasteiger partial charge < -0.3 is 15.2 Å². The fourth-order valence-electron chi connectivity index (χ4n) is 1.79. The van der Waals surface area contributed by atoms with Crippen molar-refractivity contribution < 1.29 is 14.3 Å². The monoisotopic (exact) mass is 286 g/mol. The van der Waals surface area contributed by atoms with Crippen LogP contribution in [-0.4, -0.2) is 29.5 Å². The Hall–Kier alpha value is -3.01. The smallest absolute Gasteiger partial charge is 0.361 e. The first kappa shape index (κ1) is 14.4. The standard InChI is InChI=1S/C14H14N4O3/c1-3-21-14(19)13-11(16)8-18(17-13)12-6-10(20-2)5-4-9(12)7-15/h4-6,8H,3,16H2,1-2H3. The molecule has 1 aromatic carbocycles. The van der Waals surface area contributed by atoms with Crippen LogP contribution < -0.4 is 10.5 Å². The number of carbonyl (C=O) groups is 1. The van der Waals surface area contributed by atoms with Gasteiger partial charge in [0.25, 0.3) is 0 Å². The number of anilines is 1. The number of methoxy groups -OCH3 is 1. The number of nitrogen functional groups attached to an aromatic ring is 1. The zero-order valence-corrected chi connectivity index (χ0v) is 11.7. The van der Waals surface area contributed by atoms with Crippen LogP contribution in [0.25, 0.3) is 5.69 Å². The Labute approximate surface area is 121 Å². The first-order valence-electron chi connectivity index (χ1n) is 6.21. The van der Waals surface area contributed by atoms with Crippen molar-refractivity contribution in [3.63, 3.8) is 0 Å². The molecule has 0 bridgehead atoms. The molecule has 0 unspecified atom stereocenters. The number of esters is 1. The van der Waals surface area contributed by atoms with Crippen molar-refractivity contribution in [1.29, 1.82) is 5.26 Å². The topological polar surface area (TPSA) is 103 Å². The van der Waals surface area contributed by atoms with Gasteiger partial charge in [0.05, 0.1) is 36.9 Å². The van der Waals surface area contributed by atoms with Crippen LogP contribution in [0.1, 0.15) is 23.0 Å². The number of carbonyl (C=O) groups excluding carboxylic acids is 1. The fraction of sp³-hybridized carbons (Fsp3) is 0.214. The number of nitrogens with zero attached hydrogens (tertiary/aromatic N) is 3. The average molecular weight is 286 g/mol. The summed E-state index contributed by atoms with van der Waals surface area (Å²) in [6, 6.07) is 6.97. The predicted octanol–water partition coefficient (Wildman–Crippen LogP) is 1.51. The molecule has 0 saturated heterocycles. The molecule has 0 atom stereocenters. The second kappa shape index (κ2) is 5.96. The van der Waals surface area contributed by atoms with Gasteiger partial charge in [-0.05, 0) is 19.1 Å². The summed E-state index contributed by atoms with van der Waals surface area (Å²) in [4.78, 5) is 11.7. The lowest BCUT2D eigenvalue weighted by atomic mass is 10.2. The summed E-state index contributed by atoms with van der Waals surface area (Å²) in [5, 5.41) is 13.3. The third-order valence-electron chi connectivity index (χ3n) is 2.78. The Morgan fingerprint density at radius 1 is 1.52 bits per heavy atom. The number of ether oxygens (including phenoxy) is 2. The molecule has 0 spiro atoms. The van der Waals surface area contributed by atoms with Crippen LogP contribution >= 0.6 is 0 Å². The third kappa shape index (κ3) is 2.79. The van der Waals surface area contributed by atoms with Crippen molar-refractivity contribution in [2.24, 2.45) is 0 Å². The molecule has 1 heterocycles. The third-order valence-corrected chi connectivity index (χ3v) is 2.78. The average Bonchev–Trinajstić information content (AvgIpc) is 2.88. The van der Waals surface area contributed by atoms with Crippen molar-refractivity contribution in [1.82, 2.24) is 9.78 Å². The Morgan fingerprint density at radius 3 is 2.90 bits per heavy atom. The van der Waals surface area contributed by atoms with E-state index in [1.54, 1.807) is 25.1 Å².